The highest BCUT2D eigenvalue weighted by Crippen LogP contribution is 2.37. The maximum absolute atomic E-state index is 14.5. The molecule has 1 atom stereocenters. The van der Waals surface area contributed by atoms with Gasteiger partial charge < -0.3 is 4.90 Å². The maximum Gasteiger partial charge on any atom is 0.183 e. The van der Waals surface area contributed by atoms with Crippen LogP contribution in [-0.4, -0.2) is 30.9 Å². The quantitative estimate of drug-likeness (QED) is 0.363. The number of aromatic nitrogens is 5. The van der Waals surface area contributed by atoms with Crippen LogP contribution in [-0.2, 0) is 0 Å². The van der Waals surface area contributed by atoms with Gasteiger partial charge in [-0.15, -0.1) is 0 Å². The van der Waals surface area contributed by atoms with Gasteiger partial charge in [-0.05, 0) is 43.2 Å². The van der Waals surface area contributed by atoms with E-state index in [0.29, 0.717) is 46.8 Å². The number of hydrogen-bond acceptors (Lipinski definition) is 4. The fourth-order valence-corrected chi connectivity index (χ4v) is 4.59. The summed E-state index contributed by atoms with van der Waals surface area (Å²) >= 11 is 0. The molecule has 34 heavy (non-hydrogen) atoms. The van der Waals surface area contributed by atoms with Gasteiger partial charge in [0.15, 0.2) is 5.65 Å². The molecule has 0 bridgehead atoms. The van der Waals surface area contributed by atoms with Crippen molar-refractivity contribution in [2.75, 3.05) is 11.4 Å². The van der Waals surface area contributed by atoms with Crippen molar-refractivity contribution in [1.29, 1.82) is 0 Å². The predicted molar refractivity (Wildman–Crippen MR) is 121 cm³/mol. The van der Waals surface area contributed by atoms with Gasteiger partial charge in [0.2, 0.25) is 0 Å². The van der Waals surface area contributed by atoms with Gasteiger partial charge in [0.25, 0.3) is 0 Å². The van der Waals surface area contributed by atoms with Crippen LogP contribution in [0.3, 0.4) is 0 Å². The number of hydrogen-bond donors (Lipinski definition) is 0. The first-order valence-electron chi connectivity index (χ1n) is 10.9. The molecule has 0 amide bonds. The molecule has 4 heterocycles. The van der Waals surface area contributed by atoms with Crippen molar-refractivity contribution in [3.05, 3.63) is 96.3 Å². The number of halogens is 3. The fourth-order valence-electron chi connectivity index (χ4n) is 4.59. The molecular weight excluding hydrogens is 441 g/mol. The van der Waals surface area contributed by atoms with E-state index < -0.39 is 11.6 Å². The Kier molecular flexibility index (Phi) is 4.83. The van der Waals surface area contributed by atoms with Crippen LogP contribution in [0.2, 0.25) is 0 Å². The molecule has 6 nitrogen and oxygen atoms in total. The maximum atomic E-state index is 14.5. The number of nitrogens with zero attached hydrogens (tertiary/aromatic N) is 6. The molecule has 1 aliphatic rings. The van der Waals surface area contributed by atoms with E-state index in [1.807, 2.05) is 11.0 Å². The molecule has 3 aromatic heterocycles. The summed E-state index contributed by atoms with van der Waals surface area (Å²) < 4.78 is 45.8. The number of benzene rings is 2. The predicted octanol–water partition coefficient (Wildman–Crippen LogP) is 5.34. The lowest BCUT2D eigenvalue weighted by Gasteiger charge is -2.26. The summed E-state index contributed by atoms with van der Waals surface area (Å²) in [5, 5.41) is 8.75. The highest BCUT2D eigenvalue weighted by molar-refractivity contribution is 5.66. The average molecular weight is 460 g/mol. The minimum atomic E-state index is -0.464. The van der Waals surface area contributed by atoms with Crippen LogP contribution >= 0.6 is 0 Å². The Bertz CT molecular complexity index is 1510. The first-order chi connectivity index (χ1) is 16.6. The topological polar surface area (TPSA) is 51.2 Å². The second kappa shape index (κ2) is 8.02. The third kappa shape index (κ3) is 3.40. The SMILES string of the molecule is Fc1ccc(F)c([C@H]2CCCN2c2ccn3ncc(-n4cc(-c5ccccc5F)cn4)c3n2)c1. The van der Waals surface area contributed by atoms with E-state index >= 15 is 0 Å². The van der Waals surface area contributed by atoms with Crippen molar-refractivity contribution in [2.45, 2.75) is 18.9 Å². The summed E-state index contributed by atoms with van der Waals surface area (Å²) in [5.74, 6) is -0.579. The van der Waals surface area contributed by atoms with Crippen molar-refractivity contribution in [1.82, 2.24) is 24.4 Å². The second-order valence-electron chi connectivity index (χ2n) is 8.25. The van der Waals surface area contributed by atoms with Gasteiger partial charge in [0.1, 0.15) is 29.0 Å². The first-order valence-corrected chi connectivity index (χ1v) is 10.9. The molecular formula is C25H19F3N6. The van der Waals surface area contributed by atoms with Crippen molar-refractivity contribution >= 4 is 11.5 Å². The average Bonchev–Trinajstić information content (AvgIpc) is 3.59. The Balaban J connectivity index is 1.38. The third-order valence-electron chi connectivity index (χ3n) is 6.21. The van der Waals surface area contributed by atoms with Gasteiger partial charge in [-0.3, -0.25) is 0 Å². The Hall–Kier alpha value is -4.14. The molecule has 9 heteroatoms. The Morgan fingerprint density at radius 1 is 0.912 bits per heavy atom. The molecule has 0 radical (unpaired) electrons. The van der Waals surface area contributed by atoms with Gasteiger partial charge in [-0.25, -0.2) is 27.4 Å². The molecule has 0 aliphatic carbocycles. The van der Waals surface area contributed by atoms with E-state index in [9.17, 15) is 13.2 Å². The van der Waals surface area contributed by atoms with Gasteiger partial charge in [0.05, 0.1) is 18.4 Å². The smallest absolute Gasteiger partial charge is 0.183 e. The molecule has 1 saturated heterocycles. The third-order valence-corrected chi connectivity index (χ3v) is 6.21. The summed E-state index contributed by atoms with van der Waals surface area (Å²) in [5.41, 5.74) is 2.59. The summed E-state index contributed by atoms with van der Waals surface area (Å²) in [4.78, 5) is 6.78. The molecule has 1 fully saturated rings. The molecule has 170 valence electrons. The van der Waals surface area contributed by atoms with Crippen LogP contribution in [0.15, 0.2) is 73.3 Å². The molecule has 1 aliphatic heterocycles. The van der Waals surface area contributed by atoms with Crippen LogP contribution in [0.5, 0.6) is 0 Å². The number of rotatable bonds is 4. The monoisotopic (exact) mass is 460 g/mol. The molecule has 5 aromatic rings. The van der Waals surface area contributed by atoms with E-state index in [1.165, 1.54) is 12.1 Å². The summed E-state index contributed by atoms with van der Waals surface area (Å²) in [6.45, 7) is 0.673. The zero-order valence-electron chi connectivity index (χ0n) is 17.9. The standard InChI is InChI=1S/C25H19F3N6/c26-17-7-8-21(28)19(12-17)22-6-3-10-32(22)24-9-11-33-25(31-24)23(14-30-33)34-15-16(13-29-34)18-4-1-2-5-20(18)27/h1-2,4-5,7-9,11-15,22H,3,6,10H2/t22-/m1/s1. The van der Waals surface area contributed by atoms with Crippen LogP contribution in [0.1, 0.15) is 24.4 Å². The molecule has 2 aromatic carbocycles. The molecule has 0 N–H and O–H groups in total. The largest absolute Gasteiger partial charge is 0.349 e. The summed E-state index contributed by atoms with van der Waals surface area (Å²) in [6.07, 6.45) is 8.27. The van der Waals surface area contributed by atoms with Gasteiger partial charge in [-0.2, -0.15) is 10.2 Å². The summed E-state index contributed by atoms with van der Waals surface area (Å²) in [6, 6.07) is 11.6. The van der Waals surface area contributed by atoms with Crippen LogP contribution < -0.4 is 4.90 Å². The van der Waals surface area contributed by atoms with E-state index in [1.54, 1.807) is 52.2 Å². The zero-order valence-corrected chi connectivity index (χ0v) is 17.9. The van der Waals surface area contributed by atoms with Crippen molar-refractivity contribution in [3.63, 3.8) is 0 Å². The van der Waals surface area contributed by atoms with Crippen molar-refractivity contribution in [3.8, 4) is 16.8 Å². The molecule has 0 unspecified atom stereocenters. The Labute approximate surface area is 192 Å². The summed E-state index contributed by atoms with van der Waals surface area (Å²) in [7, 11) is 0. The van der Waals surface area contributed by atoms with Crippen LogP contribution in [0.4, 0.5) is 19.0 Å². The lowest BCUT2D eigenvalue weighted by atomic mass is 10.0. The normalized spacial score (nSPS) is 16.0. The minimum Gasteiger partial charge on any atom is -0.349 e. The van der Waals surface area contributed by atoms with Gasteiger partial charge in [-0.1, -0.05) is 18.2 Å². The van der Waals surface area contributed by atoms with E-state index in [2.05, 4.69) is 10.2 Å². The Morgan fingerprint density at radius 3 is 2.68 bits per heavy atom. The highest BCUT2D eigenvalue weighted by atomic mass is 19.1. The lowest BCUT2D eigenvalue weighted by molar-refractivity contribution is 0.560. The zero-order chi connectivity index (χ0) is 23.2. The second-order valence-corrected chi connectivity index (χ2v) is 8.25. The number of anilines is 1. The first kappa shape index (κ1) is 20.5. The fraction of sp³-hybridized carbons (Fsp3) is 0.160. The van der Waals surface area contributed by atoms with E-state index in [-0.39, 0.29) is 11.9 Å². The van der Waals surface area contributed by atoms with Crippen LogP contribution in [0.25, 0.3) is 22.5 Å². The lowest BCUT2D eigenvalue weighted by Crippen LogP contribution is -2.24. The number of fused-ring (bicyclic) bond motifs is 1. The minimum absolute atomic E-state index is 0.311. The van der Waals surface area contributed by atoms with Gasteiger partial charge >= 0.3 is 0 Å². The van der Waals surface area contributed by atoms with Crippen molar-refractivity contribution in [2.24, 2.45) is 0 Å². The molecule has 6 rings (SSSR count). The highest BCUT2D eigenvalue weighted by Gasteiger charge is 2.30. The van der Waals surface area contributed by atoms with E-state index in [0.717, 1.165) is 18.6 Å². The van der Waals surface area contributed by atoms with Crippen molar-refractivity contribution < 1.29 is 13.2 Å². The van der Waals surface area contributed by atoms with E-state index in [4.69, 9.17) is 4.98 Å². The van der Waals surface area contributed by atoms with Gasteiger partial charge in [0, 0.05) is 35.6 Å². The molecule has 0 saturated carbocycles. The molecule has 0 spiro atoms. The Morgan fingerprint density at radius 2 is 1.79 bits per heavy atom. The van der Waals surface area contributed by atoms with Crippen LogP contribution in [0, 0.1) is 17.5 Å².